The number of anilines is 1. The minimum absolute atomic E-state index is 0.305. The molecule has 0 spiro atoms. The van der Waals surface area contributed by atoms with Gasteiger partial charge >= 0.3 is 5.69 Å². The summed E-state index contributed by atoms with van der Waals surface area (Å²) in [5, 5.41) is 8.91. The molecule has 1 aliphatic carbocycles. The van der Waals surface area contributed by atoms with Crippen LogP contribution in [0.2, 0.25) is 0 Å². The maximum absolute atomic E-state index is 12.6. The summed E-state index contributed by atoms with van der Waals surface area (Å²) in [6, 6.07) is 5.58. The first-order valence-corrected chi connectivity index (χ1v) is 10.4. The summed E-state index contributed by atoms with van der Waals surface area (Å²) in [7, 11) is 1.26. The Morgan fingerprint density at radius 1 is 1.45 bits per heavy atom. The van der Waals surface area contributed by atoms with Crippen LogP contribution >= 0.6 is 11.3 Å². The zero-order valence-electron chi connectivity index (χ0n) is 19.6. The van der Waals surface area contributed by atoms with Crippen molar-refractivity contribution in [3.63, 3.8) is 0 Å². The van der Waals surface area contributed by atoms with E-state index >= 15 is 0 Å². The number of carbonyl (C=O) groups excluding carboxylic acids is 1. The van der Waals surface area contributed by atoms with Crippen molar-refractivity contribution in [3.05, 3.63) is 56.0 Å². The third-order valence-electron chi connectivity index (χ3n) is 4.94. The first kappa shape index (κ1) is 16.1. The monoisotopic (exact) mass is 438 g/mol. The van der Waals surface area contributed by atoms with Crippen molar-refractivity contribution in [2.24, 2.45) is 0 Å². The Labute approximate surface area is 185 Å². The number of rotatable bonds is 5. The molecule has 0 saturated heterocycles. The molecule has 31 heavy (non-hydrogen) atoms. The van der Waals surface area contributed by atoms with Gasteiger partial charge in [-0.25, -0.2) is 9.78 Å². The van der Waals surface area contributed by atoms with E-state index in [1.165, 1.54) is 18.4 Å². The highest BCUT2D eigenvalue weighted by Crippen LogP contribution is 2.32. The lowest BCUT2D eigenvalue weighted by molar-refractivity contribution is 0.0832. The van der Waals surface area contributed by atoms with Gasteiger partial charge < -0.3 is 20.2 Å². The first-order chi connectivity index (χ1) is 16.1. The topological polar surface area (TPSA) is 111 Å². The summed E-state index contributed by atoms with van der Waals surface area (Å²) in [4.78, 5) is 36.0. The molecule has 0 aromatic carbocycles. The number of fused-ring (bicyclic) bond motifs is 1. The van der Waals surface area contributed by atoms with Crippen LogP contribution in [0.15, 0.2) is 29.2 Å². The molecule has 4 aromatic heterocycles. The van der Waals surface area contributed by atoms with E-state index in [1.54, 1.807) is 28.9 Å². The van der Waals surface area contributed by atoms with Gasteiger partial charge in [0.1, 0.15) is 5.82 Å². The fraction of sp³-hybridized carbons (Fsp3) is 0.238. The second-order valence-corrected chi connectivity index (χ2v) is 8.51. The second kappa shape index (κ2) is 7.24. The lowest BCUT2D eigenvalue weighted by Gasteiger charge is -2.09. The fourth-order valence-corrected chi connectivity index (χ4v) is 4.16. The van der Waals surface area contributed by atoms with Crippen molar-refractivity contribution in [2.75, 3.05) is 19.3 Å². The largest absolute Gasteiger partial charge is 0.367 e. The van der Waals surface area contributed by atoms with Gasteiger partial charge in [0, 0.05) is 35.8 Å². The highest BCUT2D eigenvalue weighted by molar-refractivity contribution is 7.17. The molecule has 0 aliphatic heterocycles. The van der Waals surface area contributed by atoms with Crippen molar-refractivity contribution < 1.29 is 8.91 Å². The zero-order chi connectivity index (χ0) is 24.2. The minimum atomic E-state index is -2.52. The lowest BCUT2D eigenvalue weighted by atomic mass is 10.2. The number of hydrogen-bond donors (Lipinski definition) is 3. The van der Waals surface area contributed by atoms with Crippen LogP contribution in [-0.4, -0.2) is 55.4 Å². The standard InChI is InChI=1S/C21H21N7O2S/c1-11-14(26-21(30)23-11)8-12-10-22-28-18(24-13-4-5-13)9-15(25-19(12)28)16-6-7-17(31-16)20(29)27(2)3/h6-10,13,24H,1,4-5H2,2-3H3,(H2,23,26,30)/b14-8-/i2D3. The molecule has 1 amide bonds. The number of nitrogens with zero attached hydrogens (tertiary/aromatic N) is 4. The van der Waals surface area contributed by atoms with E-state index < -0.39 is 12.9 Å². The third kappa shape index (κ3) is 3.66. The van der Waals surface area contributed by atoms with Gasteiger partial charge in [0.25, 0.3) is 5.91 Å². The van der Waals surface area contributed by atoms with Gasteiger partial charge in [0.15, 0.2) is 5.65 Å². The normalized spacial score (nSPS) is 16.2. The average Bonchev–Trinajstić information content (AvgIpc) is 3.17. The summed E-state index contributed by atoms with van der Waals surface area (Å²) in [5.74, 6) is 0.173. The number of aromatic amines is 2. The van der Waals surface area contributed by atoms with Gasteiger partial charge in [-0.15, -0.1) is 11.3 Å². The van der Waals surface area contributed by atoms with Crippen LogP contribution in [0, 0.1) is 0 Å². The number of hydrogen-bond acceptors (Lipinski definition) is 6. The maximum atomic E-state index is 12.6. The Kier molecular flexibility index (Phi) is 3.76. The van der Waals surface area contributed by atoms with Crippen LogP contribution in [0.5, 0.6) is 0 Å². The molecule has 10 heteroatoms. The van der Waals surface area contributed by atoms with Crippen molar-refractivity contribution in [1.82, 2.24) is 29.5 Å². The smallest absolute Gasteiger partial charge is 0.323 e. The van der Waals surface area contributed by atoms with E-state index in [9.17, 15) is 9.59 Å². The van der Waals surface area contributed by atoms with Crippen LogP contribution in [0.25, 0.3) is 28.9 Å². The number of amides is 1. The van der Waals surface area contributed by atoms with Gasteiger partial charge in [0.2, 0.25) is 0 Å². The van der Waals surface area contributed by atoms with Crippen molar-refractivity contribution in [3.8, 4) is 10.6 Å². The number of nitrogens with one attached hydrogen (secondary N) is 3. The Balaban J connectivity index is 1.61. The number of imidazole rings is 1. The number of thiophene rings is 1. The molecule has 4 heterocycles. The first-order valence-electron chi connectivity index (χ1n) is 11.1. The van der Waals surface area contributed by atoms with Crippen LogP contribution < -0.4 is 21.7 Å². The molecular weight excluding hydrogens is 414 g/mol. The molecule has 4 aromatic rings. The van der Waals surface area contributed by atoms with Crippen LogP contribution in [-0.2, 0) is 0 Å². The van der Waals surface area contributed by atoms with Gasteiger partial charge in [-0.2, -0.15) is 9.61 Å². The summed E-state index contributed by atoms with van der Waals surface area (Å²) in [6.45, 7) is 1.31. The predicted octanol–water partition coefficient (Wildman–Crippen LogP) is 0.989. The fourth-order valence-electron chi connectivity index (χ4n) is 3.22. The van der Waals surface area contributed by atoms with E-state index in [-0.39, 0.29) is 5.69 Å². The number of aromatic nitrogens is 5. The van der Waals surface area contributed by atoms with Crippen LogP contribution in [0.4, 0.5) is 5.82 Å². The number of carbonyl (C=O) groups is 1. The average molecular weight is 439 g/mol. The SMILES string of the molecule is [2H]C([2H])([2H])N(C)C(=O)c1ccc(-c2cc(NC3CC3)n3ncc(/C=c4\[nH]c(=O)[nH]c4=C)c3n2)s1. The molecule has 1 fully saturated rings. The van der Waals surface area contributed by atoms with E-state index in [4.69, 9.17) is 9.10 Å². The minimum Gasteiger partial charge on any atom is -0.367 e. The quantitative estimate of drug-likeness (QED) is 0.430. The van der Waals surface area contributed by atoms with E-state index in [0.717, 1.165) is 23.6 Å². The van der Waals surface area contributed by atoms with Gasteiger partial charge in [-0.05, 0) is 31.1 Å². The van der Waals surface area contributed by atoms with E-state index in [1.807, 2.05) is 6.07 Å². The van der Waals surface area contributed by atoms with E-state index in [0.29, 0.717) is 43.4 Å². The second-order valence-electron chi connectivity index (χ2n) is 7.42. The molecule has 0 atom stereocenters. The Morgan fingerprint density at radius 3 is 3.00 bits per heavy atom. The molecule has 9 nitrogen and oxygen atoms in total. The van der Waals surface area contributed by atoms with Crippen molar-refractivity contribution >= 4 is 41.4 Å². The molecule has 3 N–H and O–H groups in total. The van der Waals surface area contributed by atoms with Crippen molar-refractivity contribution in [2.45, 2.75) is 18.9 Å². The summed E-state index contributed by atoms with van der Waals surface area (Å²) in [6.07, 6.45) is 5.53. The molecular formula is C21H21N7O2S. The molecule has 0 bridgehead atoms. The molecule has 0 radical (unpaired) electrons. The molecule has 1 aliphatic rings. The van der Waals surface area contributed by atoms with Crippen LogP contribution in [0.1, 0.15) is 32.2 Å². The predicted molar refractivity (Wildman–Crippen MR) is 121 cm³/mol. The Morgan fingerprint density at radius 2 is 2.29 bits per heavy atom. The van der Waals surface area contributed by atoms with Crippen molar-refractivity contribution in [1.29, 1.82) is 0 Å². The zero-order valence-corrected chi connectivity index (χ0v) is 17.4. The summed E-state index contributed by atoms with van der Waals surface area (Å²) < 4.78 is 24.1. The number of H-pyrrole nitrogens is 2. The Bertz CT molecular complexity index is 1580. The lowest BCUT2D eigenvalue weighted by Crippen LogP contribution is -2.22. The molecule has 5 rings (SSSR count). The van der Waals surface area contributed by atoms with Gasteiger partial charge in [-0.1, -0.05) is 6.58 Å². The summed E-state index contributed by atoms with van der Waals surface area (Å²) in [5.41, 5.74) is 1.50. The van der Waals surface area contributed by atoms with Gasteiger partial charge in [-0.3, -0.25) is 4.79 Å². The molecule has 158 valence electrons. The third-order valence-corrected chi connectivity index (χ3v) is 6.04. The molecule has 0 unspecified atom stereocenters. The maximum Gasteiger partial charge on any atom is 0.323 e. The molecule has 1 saturated carbocycles. The highest BCUT2D eigenvalue weighted by atomic mass is 32.1. The summed E-state index contributed by atoms with van der Waals surface area (Å²) >= 11 is 1.17. The van der Waals surface area contributed by atoms with Gasteiger partial charge in [0.05, 0.1) is 32.3 Å². The Hall–Kier alpha value is -3.66. The van der Waals surface area contributed by atoms with E-state index in [2.05, 4.69) is 27.0 Å². The highest BCUT2D eigenvalue weighted by Gasteiger charge is 2.23. The van der Waals surface area contributed by atoms with Crippen LogP contribution in [0.3, 0.4) is 0 Å².